The van der Waals surface area contributed by atoms with Gasteiger partial charge in [-0.2, -0.15) is 0 Å². The molecular formula is C13H13ClINS. The molecule has 1 unspecified atom stereocenters. The SMILES string of the molecule is C=C/C=C(\C=C)C(NSI)c1ccc(Cl)cc1. The maximum atomic E-state index is 5.89. The van der Waals surface area contributed by atoms with Gasteiger partial charge in [0.05, 0.1) is 6.04 Å². The molecule has 0 radical (unpaired) electrons. The molecule has 1 aromatic carbocycles. The van der Waals surface area contributed by atoms with Crippen LogP contribution in [-0.4, -0.2) is 0 Å². The minimum atomic E-state index is 0.0877. The van der Waals surface area contributed by atoms with Gasteiger partial charge in [-0.3, -0.25) is 0 Å². The van der Waals surface area contributed by atoms with Crippen LogP contribution in [0.1, 0.15) is 11.6 Å². The van der Waals surface area contributed by atoms with E-state index in [2.05, 4.69) is 39.1 Å². The molecule has 0 heterocycles. The summed E-state index contributed by atoms with van der Waals surface area (Å²) < 4.78 is 3.33. The first-order chi connectivity index (χ1) is 8.22. The van der Waals surface area contributed by atoms with E-state index in [-0.39, 0.29) is 6.04 Å². The van der Waals surface area contributed by atoms with E-state index in [0.717, 1.165) is 16.2 Å². The Kier molecular flexibility index (Phi) is 6.96. The van der Waals surface area contributed by atoms with Crippen LogP contribution in [0.2, 0.25) is 5.02 Å². The van der Waals surface area contributed by atoms with Gasteiger partial charge in [-0.15, -0.1) is 0 Å². The summed E-state index contributed by atoms with van der Waals surface area (Å²) in [6.45, 7) is 7.55. The summed E-state index contributed by atoms with van der Waals surface area (Å²) in [6.07, 6.45) is 5.55. The van der Waals surface area contributed by atoms with Crippen LogP contribution in [0.3, 0.4) is 0 Å². The molecule has 1 N–H and O–H groups in total. The zero-order valence-electron chi connectivity index (χ0n) is 9.20. The number of allylic oxidation sites excluding steroid dienone is 2. The smallest absolute Gasteiger partial charge is 0.0678 e. The second-order valence-corrected chi connectivity index (χ2v) is 5.43. The lowest BCUT2D eigenvalue weighted by Crippen LogP contribution is -2.14. The summed E-state index contributed by atoms with van der Waals surface area (Å²) in [7, 11) is 1.54. The fourth-order valence-corrected chi connectivity index (χ4v) is 2.70. The van der Waals surface area contributed by atoms with Crippen molar-refractivity contribution in [2.75, 3.05) is 0 Å². The molecule has 17 heavy (non-hydrogen) atoms. The summed E-state index contributed by atoms with van der Waals surface area (Å²) in [6, 6.07) is 7.88. The molecule has 0 bridgehead atoms. The largest absolute Gasteiger partial charge is 0.243 e. The van der Waals surface area contributed by atoms with Crippen molar-refractivity contribution in [1.29, 1.82) is 0 Å². The third-order valence-electron chi connectivity index (χ3n) is 2.25. The molecule has 0 aliphatic heterocycles. The van der Waals surface area contributed by atoms with Crippen molar-refractivity contribution in [1.82, 2.24) is 4.72 Å². The summed E-state index contributed by atoms with van der Waals surface area (Å²) in [5.74, 6) is 0. The Morgan fingerprint density at radius 3 is 2.47 bits per heavy atom. The van der Waals surface area contributed by atoms with Crippen LogP contribution in [-0.2, 0) is 0 Å². The molecule has 0 aromatic heterocycles. The number of rotatable bonds is 6. The van der Waals surface area contributed by atoms with Gasteiger partial charge in [0, 0.05) is 26.2 Å². The normalized spacial score (nSPS) is 13.2. The van der Waals surface area contributed by atoms with Crippen molar-refractivity contribution in [2.45, 2.75) is 6.04 Å². The highest BCUT2D eigenvalue weighted by Gasteiger charge is 2.13. The molecule has 1 aromatic rings. The zero-order chi connectivity index (χ0) is 12.7. The molecule has 0 aliphatic rings. The van der Waals surface area contributed by atoms with E-state index in [4.69, 9.17) is 11.6 Å². The van der Waals surface area contributed by atoms with Gasteiger partial charge in [-0.05, 0) is 32.4 Å². The van der Waals surface area contributed by atoms with Gasteiger partial charge in [0.15, 0.2) is 0 Å². The third-order valence-corrected chi connectivity index (χ3v) is 3.58. The van der Waals surface area contributed by atoms with Crippen LogP contribution < -0.4 is 4.72 Å². The maximum absolute atomic E-state index is 5.89. The molecular weight excluding hydrogens is 365 g/mol. The van der Waals surface area contributed by atoms with Gasteiger partial charge in [-0.1, -0.05) is 55.1 Å². The molecule has 0 saturated heterocycles. The Balaban J connectivity index is 3.07. The average molecular weight is 378 g/mol. The Labute approximate surface area is 124 Å². The summed E-state index contributed by atoms with van der Waals surface area (Å²) in [5.41, 5.74) is 2.22. The van der Waals surface area contributed by atoms with E-state index in [1.807, 2.05) is 36.4 Å². The van der Waals surface area contributed by atoms with Crippen LogP contribution in [0, 0.1) is 0 Å². The molecule has 1 rings (SSSR count). The Hall–Kier alpha value is -0.230. The molecule has 0 amide bonds. The van der Waals surface area contributed by atoms with Gasteiger partial charge in [0.1, 0.15) is 0 Å². The molecule has 1 nitrogen and oxygen atoms in total. The van der Waals surface area contributed by atoms with Crippen LogP contribution in [0.4, 0.5) is 0 Å². The summed E-state index contributed by atoms with van der Waals surface area (Å²) in [4.78, 5) is 0. The minimum Gasteiger partial charge on any atom is -0.243 e. The predicted octanol–water partition coefficient (Wildman–Crippen LogP) is 5.27. The van der Waals surface area contributed by atoms with Crippen LogP contribution >= 0.6 is 41.9 Å². The van der Waals surface area contributed by atoms with Crippen LogP contribution in [0.25, 0.3) is 0 Å². The van der Waals surface area contributed by atoms with Crippen molar-refractivity contribution in [3.63, 3.8) is 0 Å². The first-order valence-electron chi connectivity index (χ1n) is 4.96. The first kappa shape index (κ1) is 14.8. The van der Waals surface area contributed by atoms with Gasteiger partial charge in [0.25, 0.3) is 0 Å². The number of benzene rings is 1. The molecule has 0 saturated carbocycles. The second kappa shape index (κ2) is 7.97. The van der Waals surface area contributed by atoms with Crippen LogP contribution in [0.5, 0.6) is 0 Å². The number of halogens is 2. The van der Waals surface area contributed by atoms with Crippen molar-refractivity contribution in [3.8, 4) is 0 Å². The van der Waals surface area contributed by atoms with Crippen LogP contribution in [0.15, 0.2) is 61.2 Å². The Morgan fingerprint density at radius 2 is 2.00 bits per heavy atom. The highest BCUT2D eigenvalue weighted by Crippen LogP contribution is 2.27. The lowest BCUT2D eigenvalue weighted by molar-refractivity contribution is 0.808. The van der Waals surface area contributed by atoms with Gasteiger partial charge < -0.3 is 0 Å². The number of nitrogens with one attached hydrogen (secondary N) is 1. The maximum Gasteiger partial charge on any atom is 0.0678 e. The molecule has 0 aliphatic carbocycles. The lowest BCUT2D eigenvalue weighted by atomic mass is 9.99. The molecule has 90 valence electrons. The quantitative estimate of drug-likeness (QED) is 0.412. The predicted molar refractivity (Wildman–Crippen MR) is 87.4 cm³/mol. The monoisotopic (exact) mass is 377 g/mol. The first-order valence-corrected chi connectivity index (χ1v) is 8.70. The van der Waals surface area contributed by atoms with Crippen molar-refractivity contribution in [2.24, 2.45) is 0 Å². The Morgan fingerprint density at radius 1 is 1.35 bits per heavy atom. The van der Waals surface area contributed by atoms with Crippen molar-refractivity contribution < 1.29 is 0 Å². The minimum absolute atomic E-state index is 0.0877. The molecule has 1 atom stereocenters. The molecule has 0 spiro atoms. The van der Waals surface area contributed by atoms with E-state index in [1.165, 1.54) is 0 Å². The van der Waals surface area contributed by atoms with Gasteiger partial charge in [-0.25, -0.2) is 4.72 Å². The fraction of sp³-hybridized carbons (Fsp3) is 0.0769. The van der Waals surface area contributed by atoms with E-state index < -0.39 is 0 Å². The summed E-state index contributed by atoms with van der Waals surface area (Å²) >= 11 is 8.10. The van der Waals surface area contributed by atoms with Gasteiger partial charge in [0.2, 0.25) is 0 Å². The zero-order valence-corrected chi connectivity index (χ0v) is 12.9. The molecule has 4 heteroatoms. The average Bonchev–Trinajstić information content (AvgIpc) is 2.35. The van der Waals surface area contributed by atoms with E-state index in [1.54, 1.807) is 15.2 Å². The highest BCUT2D eigenvalue weighted by atomic mass is 127. The summed E-state index contributed by atoms with van der Waals surface area (Å²) in [5, 5.41) is 0.738. The van der Waals surface area contributed by atoms with E-state index in [9.17, 15) is 0 Å². The number of hydrogen-bond acceptors (Lipinski definition) is 2. The molecule has 0 fully saturated rings. The standard InChI is InChI=1S/C13H13ClINS/c1-3-5-10(4-2)13(16-17-15)11-6-8-12(14)9-7-11/h3-9,13,16H,1-2H2/b10-5+. The number of hydrogen-bond donors (Lipinski definition) is 1. The topological polar surface area (TPSA) is 12.0 Å². The van der Waals surface area contributed by atoms with E-state index >= 15 is 0 Å². The van der Waals surface area contributed by atoms with Crippen molar-refractivity contribution >= 4 is 41.9 Å². The highest BCUT2D eigenvalue weighted by molar-refractivity contribution is 14.2. The van der Waals surface area contributed by atoms with E-state index in [0.29, 0.717) is 0 Å². The van der Waals surface area contributed by atoms with Gasteiger partial charge >= 0.3 is 0 Å². The lowest BCUT2D eigenvalue weighted by Gasteiger charge is -2.18. The fourth-order valence-electron chi connectivity index (χ4n) is 1.45. The second-order valence-electron chi connectivity index (χ2n) is 3.29. The Bertz CT molecular complexity index is 414. The third kappa shape index (κ3) is 4.50. The van der Waals surface area contributed by atoms with Crippen molar-refractivity contribution in [3.05, 3.63) is 71.8 Å².